The molecule has 0 unspecified atom stereocenters. The number of hydrogen-bond acceptors (Lipinski definition) is 4. The van der Waals surface area contributed by atoms with Crippen LogP contribution in [0.1, 0.15) is 26.3 Å². The number of benzene rings is 3. The summed E-state index contributed by atoms with van der Waals surface area (Å²) >= 11 is 6.05. The highest BCUT2D eigenvalue weighted by Crippen LogP contribution is 2.18. The van der Waals surface area contributed by atoms with Gasteiger partial charge in [-0.25, -0.2) is 5.43 Å². The molecule has 3 aromatic rings. The number of nitrogens with one attached hydrogen (secondary N) is 2. The summed E-state index contributed by atoms with van der Waals surface area (Å²) in [5.41, 5.74) is 4.36. The van der Waals surface area contributed by atoms with E-state index in [1.807, 2.05) is 18.2 Å². The Morgan fingerprint density at radius 1 is 0.966 bits per heavy atom. The van der Waals surface area contributed by atoms with Crippen LogP contribution in [0.4, 0.5) is 5.69 Å². The minimum atomic E-state index is -0.412. The van der Waals surface area contributed by atoms with Crippen LogP contribution in [-0.4, -0.2) is 25.1 Å². The lowest BCUT2D eigenvalue weighted by Crippen LogP contribution is -2.18. The molecule has 2 amide bonds. The fourth-order valence-electron chi connectivity index (χ4n) is 2.58. The normalized spacial score (nSPS) is 10.6. The van der Waals surface area contributed by atoms with Crippen molar-refractivity contribution in [2.45, 2.75) is 0 Å². The molecule has 0 bridgehead atoms. The van der Waals surface area contributed by atoms with E-state index >= 15 is 0 Å². The van der Waals surface area contributed by atoms with Crippen LogP contribution in [-0.2, 0) is 0 Å². The second-order valence-electron chi connectivity index (χ2n) is 5.96. The fraction of sp³-hybridized carbons (Fsp3) is 0.0455. The van der Waals surface area contributed by atoms with Gasteiger partial charge in [0.25, 0.3) is 11.8 Å². The van der Waals surface area contributed by atoms with Gasteiger partial charge in [0.05, 0.1) is 23.9 Å². The zero-order valence-electron chi connectivity index (χ0n) is 15.6. The summed E-state index contributed by atoms with van der Waals surface area (Å²) in [4.78, 5) is 24.7. The number of carbonyl (C=O) groups excluding carboxylic acids is 2. The molecule has 7 heteroatoms. The first-order valence-corrected chi connectivity index (χ1v) is 9.08. The Kier molecular flexibility index (Phi) is 6.60. The molecule has 0 fully saturated rings. The maximum Gasteiger partial charge on any atom is 0.271 e. The van der Waals surface area contributed by atoms with Gasteiger partial charge in [-0.15, -0.1) is 0 Å². The van der Waals surface area contributed by atoms with E-state index < -0.39 is 5.91 Å². The molecule has 0 aliphatic carbocycles. The first-order chi connectivity index (χ1) is 14.1. The van der Waals surface area contributed by atoms with Crippen molar-refractivity contribution in [2.24, 2.45) is 5.10 Å². The van der Waals surface area contributed by atoms with Gasteiger partial charge in [-0.1, -0.05) is 41.9 Å². The van der Waals surface area contributed by atoms with Gasteiger partial charge >= 0.3 is 0 Å². The number of nitrogens with zero attached hydrogens (tertiary/aromatic N) is 1. The Hall–Kier alpha value is -3.64. The number of para-hydroxylation sites is 1. The van der Waals surface area contributed by atoms with Gasteiger partial charge < -0.3 is 10.1 Å². The highest BCUT2D eigenvalue weighted by molar-refractivity contribution is 6.34. The first kappa shape index (κ1) is 20.1. The average molecular weight is 408 g/mol. The number of hydrogen-bond donors (Lipinski definition) is 2. The Labute approximate surface area is 173 Å². The van der Waals surface area contributed by atoms with E-state index in [1.54, 1.807) is 61.7 Å². The highest BCUT2D eigenvalue weighted by Gasteiger charge is 2.11. The molecule has 2 N–H and O–H groups in total. The first-order valence-electron chi connectivity index (χ1n) is 8.71. The van der Waals surface area contributed by atoms with Gasteiger partial charge in [0.2, 0.25) is 0 Å². The maximum atomic E-state index is 12.4. The number of rotatable bonds is 6. The molecule has 0 aromatic heterocycles. The van der Waals surface area contributed by atoms with Crippen LogP contribution in [0.15, 0.2) is 77.9 Å². The number of carbonyl (C=O) groups is 2. The second kappa shape index (κ2) is 9.52. The lowest BCUT2D eigenvalue weighted by molar-refractivity contribution is 0.0953. The predicted molar refractivity (Wildman–Crippen MR) is 114 cm³/mol. The van der Waals surface area contributed by atoms with Crippen LogP contribution in [0, 0.1) is 0 Å². The Morgan fingerprint density at radius 2 is 1.72 bits per heavy atom. The van der Waals surface area contributed by atoms with Crippen molar-refractivity contribution in [1.82, 2.24) is 5.43 Å². The van der Waals surface area contributed by atoms with Crippen LogP contribution in [0.3, 0.4) is 0 Å². The minimum absolute atomic E-state index is 0.346. The number of ether oxygens (including phenoxy) is 1. The molecular formula is C22H18ClN3O3. The summed E-state index contributed by atoms with van der Waals surface area (Å²) < 4.78 is 5.23. The topological polar surface area (TPSA) is 79.8 Å². The molecule has 3 rings (SSSR count). The molecule has 29 heavy (non-hydrogen) atoms. The lowest BCUT2D eigenvalue weighted by atomic mass is 10.1. The van der Waals surface area contributed by atoms with Gasteiger partial charge in [0.15, 0.2) is 0 Å². The van der Waals surface area contributed by atoms with E-state index in [1.165, 1.54) is 6.21 Å². The van der Waals surface area contributed by atoms with E-state index in [0.717, 1.165) is 5.56 Å². The van der Waals surface area contributed by atoms with Crippen LogP contribution in [0.2, 0.25) is 5.02 Å². The van der Waals surface area contributed by atoms with Gasteiger partial charge in [-0.3, -0.25) is 9.59 Å². The molecule has 0 saturated heterocycles. The van der Waals surface area contributed by atoms with Crippen molar-refractivity contribution in [1.29, 1.82) is 0 Å². The third-order valence-corrected chi connectivity index (χ3v) is 4.34. The number of hydrazone groups is 1. The van der Waals surface area contributed by atoms with E-state index in [9.17, 15) is 9.59 Å². The van der Waals surface area contributed by atoms with E-state index in [2.05, 4.69) is 15.8 Å². The molecule has 6 nitrogen and oxygen atoms in total. The molecule has 3 aromatic carbocycles. The Balaban J connectivity index is 1.67. The van der Waals surface area contributed by atoms with Crippen LogP contribution in [0.5, 0.6) is 5.75 Å². The third-order valence-electron chi connectivity index (χ3n) is 4.01. The van der Waals surface area contributed by atoms with Gasteiger partial charge in [0, 0.05) is 16.8 Å². The van der Waals surface area contributed by atoms with E-state index in [-0.39, 0.29) is 5.91 Å². The van der Waals surface area contributed by atoms with Gasteiger partial charge in [-0.05, 0) is 42.5 Å². The minimum Gasteiger partial charge on any atom is -0.496 e. The molecule has 0 heterocycles. The number of methoxy groups -OCH3 is 1. The summed E-state index contributed by atoms with van der Waals surface area (Å²) in [6, 6.07) is 20.6. The molecule has 0 atom stereocenters. The molecule has 0 aliphatic rings. The quantitative estimate of drug-likeness (QED) is 0.470. The second-order valence-corrected chi connectivity index (χ2v) is 6.36. The molecular weight excluding hydrogens is 390 g/mol. The van der Waals surface area contributed by atoms with Gasteiger partial charge in [-0.2, -0.15) is 5.10 Å². The summed E-state index contributed by atoms with van der Waals surface area (Å²) in [7, 11) is 1.56. The number of amides is 2. The lowest BCUT2D eigenvalue weighted by Gasteiger charge is -2.08. The van der Waals surface area contributed by atoms with Crippen molar-refractivity contribution in [2.75, 3.05) is 12.4 Å². The molecule has 0 spiro atoms. The molecule has 0 aliphatic heterocycles. The van der Waals surface area contributed by atoms with Crippen molar-refractivity contribution >= 4 is 35.3 Å². The SMILES string of the molecule is COc1ccccc1/C=N\NC(=O)c1cccc(NC(=O)c2ccccc2Cl)c1. The number of halogens is 1. The van der Waals surface area contributed by atoms with E-state index in [4.69, 9.17) is 16.3 Å². The summed E-state index contributed by atoms with van der Waals surface area (Å²) in [6.07, 6.45) is 1.50. The highest BCUT2D eigenvalue weighted by atomic mass is 35.5. The maximum absolute atomic E-state index is 12.4. The zero-order valence-corrected chi connectivity index (χ0v) is 16.3. The van der Waals surface area contributed by atoms with Crippen LogP contribution in [0.25, 0.3) is 0 Å². The monoisotopic (exact) mass is 407 g/mol. The summed E-state index contributed by atoms with van der Waals surface area (Å²) in [6.45, 7) is 0. The van der Waals surface area contributed by atoms with Crippen molar-refractivity contribution in [3.63, 3.8) is 0 Å². The summed E-state index contributed by atoms with van der Waals surface area (Å²) in [5, 5.41) is 7.05. The smallest absolute Gasteiger partial charge is 0.271 e. The standard InChI is InChI=1S/C22H18ClN3O3/c1-29-20-12-5-2-7-16(20)14-24-26-21(27)15-8-6-9-17(13-15)25-22(28)18-10-3-4-11-19(18)23/h2-14H,1H3,(H,25,28)(H,26,27)/b24-14-. The average Bonchev–Trinajstić information content (AvgIpc) is 2.74. The molecule has 146 valence electrons. The van der Waals surface area contributed by atoms with Crippen LogP contribution >= 0.6 is 11.6 Å². The Bertz CT molecular complexity index is 1070. The largest absolute Gasteiger partial charge is 0.496 e. The molecule has 0 saturated carbocycles. The van der Waals surface area contributed by atoms with Gasteiger partial charge in [0.1, 0.15) is 5.75 Å². The van der Waals surface area contributed by atoms with Crippen molar-refractivity contribution in [3.8, 4) is 5.75 Å². The zero-order chi connectivity index (χ0) is 20.6. The van der Waals surface area contributed by atoms with Crippen LogP contribution < -0.4 is 15.5 Å². The number of anilines is 1. The molecule has 0 radical (unpaired) electrons. The fourth-order valence-corrected chi connectivity index (χ4v) is 2.80. The third kappa shape index (κ3) is 5.21. The van der Waals surface area contributed by atoms with Crippen molar-refractivity contribution in [3.05, 3.63) is 94.5 Å². The Morgan fingerprint density at radius 3 is 2.52 bits per heavy atom. The summed E-state index contributed by atoms with van der Waals surface area (Å²) in [5.74, 6) is -0.123. The van der Waals surface area contributed by atoms with Crippen molar-refractivity contribution < 1.29 is 14.3 Å². The van der Waals surface area contributed by atoms with E-state index in [0.29, 0.717) is 27.6 Å². The predicted octanol–water partition coefficient (Wildman–Crippen LogP) is 4.36.